The Balaban J connectivity index is 1.56. The monoisotopic (exact) mass is 411 g/mol. The standard InChI is InChI=1S/C25H22FN5/c1-16-28-29-25-27-24(23-20(26)10-4-12-22(23)31(16)25)30-15-5-9-19-18(8-3-11-21(19)30)14-13-17-6-2-7-17/h3-4,8,10-12,17H,2,5-7,9,15H2,1H3. The first kappa shape index (κ1) is 18.3. The SMILES string of the molecule is Cc1nnc2nc(N3CCCc4c(C#CC5CCC5)cccc43)c3c(F)cccc3n12. The second kappa shape index (κ2) is 7.05. The van der Waals surface area contributed by atoms with Crippen LogP contribution in [0.25, 0.3) is 16.7 Å². The summed E-state index contributed by atoms with van der Waals surface area (Å²) in [6.45, 7) is 2.63. The van der Waals surface area contributed by atoms with E-state index in [0.29, 0.717) is 28.7 Å². The zero-order valence-electron chi connectivity index (χ0n) is 17.4. The van der Waals surface area contributed by atoms with Gasteiger partial charge in [0.2, 0.25) is 0 Å². The lowest BCUT2D eigenvalue weighted by Gasteiger charge is -2.32. The van der Waals surface area contributed by atoms with Crippen molar-refractivity contribution in [3.8, 4) is 11.8 Å². The number of anilines is 2. The van der Waals surface area contributed by atoms with Gasteiger partial charge in [-0.25, -0.2) is 4.39 Å². The number of benzene rings is 2. The Morgan fingerprint density at radius 2 is 1.94 bits per heavy atom. The van der Waals surface area contributed by atoms with Crippen molar-refractivity contribution in [2.24, 2.45) is 5.92 Å². The minimum absolute atomic E-state index is 0.289. The third-order valence-corrected chi connectivity index (χ3v) is 6.49. The van der Waals surface area contributed by atoms with E-state index in [0.717, 1.165) is 36.2 Å². The van der Waals surface area contributed by atoms with Gasteiger partial charge in [-0.15, -0.1) is 10.2 Å². The molecule has 5 nitrogen and oxygen atoms in total. The molecule has 0 unspecified atom stereocenters. The number of halogens is 1. The molecular formula is C25H22FN5. The number of aromatic nitrogens is 4. The fourth-order valence-corrected chi connectivity index (χ4v) is 4.67. The molecule has 1 aliphatic heterocycles. The molecule has 0 bridgehead atoms. The quantitative estimate of drug-likeness (QED) is 0.415. The first-order valence-electron chi connectivity index (χ1n) is 10.9. The Morgan fingerprint density at radius 3 is 2.77 bits per heavy atom. The molecule has 31 heavy (non-hydrogen) atoms. The number of nitrogens with zero attached hydrogens (tertiary/aromatic N) is 5. The van der Waals surface area contributed by atoms with Crippen LogP contribution in [0.1, 0.15) is 42.6 Å². The Labute approximate surface area is 179 Å². The zero-order valence-corrected chi connectivity index (χ0v) is 17.4. The van der Waals surface area contributed by atoms with Crippen LogP contribution in [0.15, 0.2) is 36.4 Å². The maximum atomic E-state index is 15.1. The number of hydrogen-bond acceptors (Lipinski definition) is 4. The lowest BCUT2D eigenvalue weighted by atomic mass is 9.85. The molecule has 6 rings (SSSR count). The van der Waals surface area contributed by atoms with E-state index in [4.69, 9.17) is 4.98 Å². The number of fused-ring (bicyclic) bond motifs is 4. The molecule has 2 aliphatic rings. The predicted octanol–water partition coefficient (Wildman–Crippen LogP) is 4.96. The van der Waals surface area contributed by atoms with E-state index in [1.165, 1.54) is 30.9 Å². The van der Waals surface area contributed by atoms with Crippen LogP contribution in [0.2, 0.25) is 0 Å². The van der Waals surface area contributed by atoms with Crippen LogP contribution in [0.3, 0.4) is 0 Å². The van der Waals surface area contributed by atoms with Crippen LogP contribution in [-0.2, 0) is 6.42 Å². The summed E-state index contributed by atoms with van der Waals surface area (Å²) in [5.41, 5.74) is 4.10. The van der Waals surface area contributed by atoms with Gasteiger partial charge in [-0.2, -0.15) is 4.98 Å². The van der Waals surface area contributed by atoms with E-state index in [9.17, 15) is 0 Å². The Bertz CT molecular complexity index is 1390. The summed E-state index contributed by atoms with van der Waals surface area (Å²) >= 11 is 0. The molecule has 0 amide bonds. The van der Waals surface area contributed by atoms with Gasteiger partial charge in [-0.1, -0.05) is 30.4 Å². The van der Waals surface area contributed by atoms with E-state index in [1.54, 1.807) is 6.07 Å². The van der Waals surface area contributed by atoms with Gasteiger partial charge in [-0.05, 0) is 62.4 Å². The lowest BCUT2D eigenvalue weighted by Crippen LogP contribution is -2.26. The number of hydrogen-bond donors (Lipinski definition) is 0. The maximum absolute atomic E-state index is 15.1. The Morgan fingerprint density at radius 1 is 1.06 bits per heavy atom. The summed E-state index contributed by atoms with van der Waals surface area (Å²) in [6.07, 6.45) is 5.63. The molecule has 1 aliphatic carbocycles. The first-order valence-corrected chi connectivity index (χ1v) is 10.9. The van der Waals surface area contributed by atoms with Gasteiger partial charge in [0.15, 0.2) is 0 Å². The Kier molecular flexibility index (Phi) is 4.17. The average Bonchev–Trinajstić information content (AvgIpc) is 3.13. The zero-order chi connectivity index (χ0) is 20.9. The van der Waals surface area contributed by atoms with E-state index < -0.39 is 0 Å². The number of rotatable bonds is 1. The van der Waals surface area contributed by atoms with E-state index in [2.05, 4.69) is 39.1 Å². The van der Waals surface area contributed by atoms with Crippen molar-refractivity contribution < 1.29 is 4.39 Å². The summed E-state index contributed by atoms with van der Waals surface area (Å²) in [4.78, 5) is 6.90. The molecule has 1 saturated carbocycles. The minimum atomic E-state index is -0.289. The van der Waals surface area contributed by atoms with Gasteiger partial charge < -0.3 is 4.90 Å². The molecule has 2 aromatic carbocycles. The van der Waals surface area contributed by atoms with Gasteiger partial charge in [0.05, 0.1) is 10.9 Å². The maximum Gasteiger partial charge on any atom is 0.257 e. The van der Waals surface area contributed by atoms with Gasteiger partial charge in [0.25, 0.3) is 5.78 Å². The summed E-state index contributed by atoms with van der Waals surface area (Å²) < 4.78 is 16.9. The summed E-state index contributed by atoms with van der Waals surface area (Å²) in [5, 5.41) is 8.88. The number of aryl methyl sites for hydroxylation is 1. The molecule has 0 spiro atoms. The van der Waals surface area contributed by atoms with Gasteiger partial charge >= 0.3 is 0 Å². The summed E-state index contributed by atoms with van der Waals surface area (Å²) in [6, 6.07) is 11.4. The fraction of sp³-hybridized carbons (Fsp3) is 0.320. The van der Waals surface area contributed by atoms with E-state index >= 15 is 4.39 Å². The summed E-state index contributed by atoms with van der Waals surface area (Å²) in [7, 11) is 0. The molecule has 2 aromatic heterocycles. The molecule has 6 heteroatoms. The third-order valence-electron chi connectivity index (χ3n) is 6.49. The van der Waals surface area contributed by atoms with Crippen LogP contribution in [0.5, 0.6) is 0 Å². The normalized spacial score (nSPS) is 16.1. The van der Waals surface area contributed by atoms with Crippen LogP contribution in [-0.4, -0.2) is 26.1 Å². The lowest BCUT2D eigenvalue weighted by molar-refractivity contribution is 0.401. The van der Waals surface area contributed by atoms with Crippen molar-refractivity contribution >= 4 is 28.2 Å². The van der Waals surface area contributed by atoms with Crippen molar-refractivity contribution in [2.45, 2.75) is 39.0 Å². The van der Waals surface area contributed by atoms with E-state index in [-0.39, 0.29) is 5.82 Å². The van der Waals surface area contributed by atoms with Crippen molar-refractivity contribution in [1.82, 2.24) is 19.6 Å². The van der Waals surface area contributed by atoms with Crippen molar-refractivity contribution in [1.29, 1.82) is 0 Å². The van der Waals surface area contributed by atoms with Crippen LogP contribution < -0.4 is 4.90 Å². The molecule has 0 atom stereocenters. The molecular weight excluding hydrogens is 389 g/mol. The van der Waals surface area contributed by atoms with Gasteiger partial charge in [0.1, 0.15) is 17.5 Å². The second-order valence-corrected chi connectivity index (χ2v) is 8.41. The average molecular weight is 411 g/mol. The fourth-order valence-electron chi connectivity index (χ4n) is 4.67. The smallest absolute Gasteiger partial charge is 0.257 e. The largest absolute Gasteiger partial charge is 0.325 e. The molecule has 0 saturated heterocycles. The first-order chi connectivity index (χ1) is 15.2. The highest BCUT2D eigenvalue weighted by molar-refractivity contribution is 5.94. The molecule has 0 N–H and O–H groups in total. The second-order valence-electron chi connectivity index (χ2n) is 8.41. The van der Waals surface area contributed by atoms with Crippen LogP contribution in [0.4, 0.5) is 15.9 Å². The van der Waals surface area contributed by atoms with Gasteiger partial charge in [-0.3, -0.25) is 4.40 Å². The molecule has 154 valence electrons. The third kappa shape index (κ3) is 2.88. The van der Waals surface area contributed by atoms with Crippen LogP contribution in [0, 0.1) is 30.5 Å². The molecule has 0 radical (unpaired) electrons. The minimum Gasteiger partial charge on any atom is -0.325 e. The van der Waals surface area contributed by atoms with Crippen molar-refractivity contribution in [2.75, 3.05) is 11.4 Å². The molecule has 4 aromatic rings. The van der Waals surface area contributed by atoms with Crippen LogP contribution >= 0.6 is 0 Å². The molecule has 1 fully saturated rings. The van der Waals surface area contributed by atoms with E-state index in [1.807, 2.05) is 23.5 Å². The van der Waals surface area contributed by atoms with Crippen molar-refractivity contribution in [3.63, 3.8) is 0 Å². The van der Waals surface area contributed by atoms with Crippen molar-refractivity contribution in [3.05, 3.63) is 59.2 Å². The Hall–Kier alpha value is -3.46. The topological polar surface area (TPSA) is 46.3 Å². The predicted molar refractivity (Wildman–Crippen MR) is 119 cm³/mol. The molecule has 3 heterocycles. The highest BCUT2D eigenvalue weighted by Gasteiger charge is 2.26. The highest BCUT2D eigenvalue weighted by atomic mass is 19.1. The van der Waals surface area contributed by atoms with Gasteiger partial charge in [0, 0.05) is 23.7 Å². The highest BCUT2D eigenvalue weighted by Crippen LogP contribution is 2.38. The summed E-state index contributed by atoms with van der Waals surface area (Å²) in [5.74, 6) is 8.89.